The summed E-state index contributed by atoms with van der Waals surface area (Å²) >= 11 is 0. The first-order valence-electron chi connectivity index (χ1n) is 8.62. The van der Waals surface area contributed by atoms with Gasteiger partial charge < -0.3 is 15.4 Å². The number of nitrogens with two attached hydrogens (primary N) is 1. The fourth-order valence-corrected chi connectivity index (χ4v) is 3.62. The molecule has 0 atom stereocenters. The standard InChI is InChI=1S/C18H27N3O2/c1-2-21-14-18(23-17(21)22)7-10-20(11-8-18)13-16-5-3-4-15(12-16)6-9-19/h3-5,12H,2,6-11,13-14,19H2,1H3. The van der Waals surface area contributed by atoms with Crippen LogP contribution in [0.1, 0.15) is 30.9 Å². The number of piperidine rings is 1. The van der Waals surface area contributed by atoms with E-state index >= 15 is 0 Å². The lowest BCUT2D eigenvalue weighted by Gasteiger charge is -2.37. The monoisotopic (exact) mass is 317 g/mol. The van der Waals surface area contributed by atoms with E-state index in [1.54, 1.807) is 0 Å². The number of rotatable bonds is 5. The van der Waals surface area contributed by atoms with E-state index in [0.29, 0.717) is 6.54 Å². The molecule has 0 unspecified atom stereocenters. The molecule has 5 heteroatoms. The smallest absolute Gasteiger partial charge is 0.410 e. The maximum atomic E-state index is 11.8. The third-order valence-corrected chi connectivity index (χ3v) is 5.02. The Balaban J connectivity index is 1.55. The van der Waals surface area contributed by atoms with Gasteiger partial charge in [-0.1, -0.05) is 24.3 Å². The van der Waals surface area contributed by atoms with Crippen LogP contribution in [0.5, 0.6) is 0 Å². The van der Waals surface area contributed by atoms with Crippen molar-refractivity contribution in [2.75, 3.05) is 32.7 Å². The Hall–Kier alpha value is -1.59. The maximum absolute atomic E-state index is 11.8. The van der Waals surface area contributed by atoms with Crippen LogP contribution in [-0.4, -0.2) is 54.2 Å². The van der Waals surface area contributed by atoms with E-state index < -0.39 is 0 Å². The molecule has 1 aromatic rings. The van der Waals surface area contributed by atoms with Gasteiger partial charge >= 0.3 is 6.09 Å². The minimum absolute atomic E-state index is 0.143. The van der Waals surface area contributed by atoms with Crippen molar-refractivity contribution < 1.29 is 9.53 Å². The normalized spacial score (nSPS) is 21.0. The van der Waals surface area contributed by atoms with Gasteiger partial charge in [0.25, 0.3) is 0 Å². The summed E-state index contributed by atoms with van der Waals surface area (Å²) in [5, 5.41) is 0. The predicted octanol–water partition coefficient (Wildman–Crippen LogP) is 1.99. The average Bonchev–Trinajstić information content (AvgIpc) is 2.86. The van der Waals surface area contributed by atoms with E-state index in [1.807, 2.05) is 11.8 Å². The van der Waals surface area contributed by atoms with Gasteiger partial charge in [-0.25, -0.2) is 4.79 Å². The zero-order valence-corrected chi connectivity index (χ0v) is 14.0. The highest BCUT2D eigenvalue weighted by Gasteiger charge is 2.46. The Kier molecular flexibility index (Phi) is 4.87. The Bertz CT molecular complexity index is 553. The molecule has 126 valence electrons. The quantitative estimate of drug-likeness (QED) is 0.902. The van der Waals surface area contributed by atoms with E-state index in [4.69, 9.17) is 10.5 Å². The number of amides is 1. The lowest BCUT2D eigenvalue weighted by Crippen LogP contribution is -2.46. The van der Waals surface area contributed by atoms with Gasteiger partial charge in [0, 0.05) is 39.0 Å². The van der Waals surface area contributed by atoms with Crippen LogP contribution in [0.3, 0.4) is 0 Å². The lowest BCUT2D eigenvalue weighted by atomic mass is 9.91. The predicted molar refractivity (Wildman–Crippen MR) is 90.2 cm³/mol. The van der Waals surface area contributed by atoms with E-state index in [1.165, 1.54) is 11.1 Å². The molecule has 23 heavy (non-hydrogen) atoms. The molecule has 0 aliphatic carbocycles. The van der Waals surface area contributed by atoms with Crippen molar-refractivity contribution in [3.8, 4) is 0 Å². The fraction of sp³-hybridized carbons (Fsp3) is 0.611. The minimum atomic E-state index is -0.245. The summed E-state index contributed by atoms with van der Waals surface area (Å²) in [7, 11) is 0. The van der Waals surface area contributed by atoms with Gasteiger partial charge in [-0.05, 0) is 31.0 Å². The molecule has 0 radical (unpaired) electrons. The van der Waals surface area contributed by atoms with E-state index in [-0.39, 0.29) is 11.7 Å². The second-order valence-electron chi connectivity index (χ2n) is 6.70. The van der Waals surface area contributed by atoms with Gasteiger partial charge in [0.15, 0.2) is 0 Å². The molecule has 0 aromatic heterocycles. The second-order valence-corrected chi connectivity index (χ2v) is 6.70. The topological polar surface area (TPSA) is 58.8 Å². The summed E-state index contributed by atoms with van der Waals surface area (Å²) < 4.78 is 5.69. The highest BCUT2D eigenvalue weighted by atomic mass is 16.6. The van der Waals surface area contributed by atoms with Crippen LogP contribution in [0, 0.1) is 0 Å². The average molecular weight is 317 g/mol. The van der Waals surface area contributed by atoms with Crippen molar-refractivity contribution in [3.63, 3.8) is 0 Å². The SMILES string of the molecule is CCN1CC2(CCN(Cc3cccc(CCN)c3)CC2)OC1=O. The molecular formula is C18H27N3O2. The summed E-state index contributed by atoms with van der Waals surface area (Å²) in [6.45, 7) is 7.09. The zero-order chi connectivity index (χ0) is 16.3. The molecule has 0 bridgehead atoms. The third kappa shape index (κ3) is 3.67. The molecule has 1 amide bonds. The maximum Gasteiger partial charge on any atom is 0.410 e. The highest BCUT2D eigenvalue weighted by molar-refractivity contribution is 5.70. The molecule has 3 rings (SSSR count). The van der Waals surface area contributed by atoms with Crippen LogP contribution in [0.25, 0.3) is 0 Å². The van der Waals surface area contributed by atoms with Crippen molar-refractivity contribution in [2.45, 2.75) is 38.3 Å². The first-order chi connectivity index (χ1) is 11.1. The minimum Gasteiger partial charge on any atom is -0.441 e. The van der Waals surface area contributed by atoms with Crippen molar-refractivity contribution in [1.82, 2.24) is 9.80 Å². The van der Waals surface area contributed by atoms with E-state index in [0.717, 1.165) is 52.0 Å². The molecular weight excluding hydrogens is 290 g/mol. The van der Waals surface area contributed by atoms with Crippen molar-refractivity contribution in [1.29, 1.82) is 0 Å². The van der Waals surface area contributed by atoms with Crippen LogP contribution >= 0.6 is 0 Å². The van der Waals surface area contributed by atoms with Gasteiger partial charge in [-0.15, -0.1) is 0 Å². The Labute approximate surface area is 138 Å². The molecule has 2 aliphatic heterocycles. The van der Waals surface area contributed by atoms with Gasteiger partial charge in [0.1, 0.15) is 5.60 Å². The molecule has 2 fully saturated rings. The number of benzene rings is 1. The van der Waals surface area contributed by atoms with Crippen LogP contribution < -0.4 is 5.73 Å². The summed E-state index contributed by atoms with van der Waals surface area (Å²) in [6, 6.07) is 8.69. The molecule has 2 saturated heterocycles. The van der Waals surface area contributed by atoms with Crippen LogP contribution in [0.15, 0.2) is 24.3 Å². The molecule has 5 nitrogen and oxygen atoms in total. The highest BCUT2D eigenvalue weighted by Crippen LogP contribution is 2.33. The summed E-state index contributed by atoms with van der Waals surface area (Å²) in [5.74, 6) is 0. The number of hydrogen-bond donors (Lipinski definition) is 1. The molecule has 1 aromatic carbocycles. The summed E-state index contributed by atoms with van der Waals surface area (Å²) in [4.78, 5) is 16.1. The van der Waals surface area contributed by atoms with Crippen molar-refractivity contribution >= 4 is 6.09 Å². The fourth-order valence-electron chi connectivity index (χ4n) is 3.62. The van der Waals surface area contributed by atoms with Crippen molar-refractivity contribution in [3.05, 3.63) is 35.4 Å². The first kappa shape index (κ1) is 16.3. The van der Waals surface area contributed by atoms with E-state index in [2.05, 4.69) is 29.2 Å². The summed E-state index contributed by atoms with van der Waals surface area (Å²) in [5.41, 5.74) is 8.04. The largest absolute Gasteiger partial charge is 0.441 e. The second kappa shape index (κ2) is 6.89. The number of hydrogen-bond acceptors (Lipinski definition) is 4. The van der Waals surface area contributed by atoms with E-state index in [9.17, 15) is 4.79 Å². The molecule has 0 saturated carbocycles. The van der Waals surface area contributed by atoms with Crippen LogP contribution in [0.4, 0.5) is 4.79 Å². The van der Waals surface area contributed by atoms with Crippen LogP contribution in [0.2, 0.25) is 0 Å². The van der Waals surface area contributed by atoms with Gasteiger partial charge in [0.05, 0.1) is 6.54 Å². The van der Waals surface area contributed by atoms with Crippen LogP contribution in [-0.2, 0) is 17.7 Å². The van der Waals surface area contributed by atoms with Gasteiger partial charge in [-0.3, -0.25) is 4.90 Å². The Morgan fingerprint density at radius 1 is 1.26 bits per heavy atom. The summed E-state index contributed by atoms with van der Waals surface area (Å²) in [6.07, 6.45) is 2.64. The molecule has 2 heterocycles. The molecule has 1 spiro atoms. The van der Waals surface area contributed by atoms with Gasteiger partial charge in [0.2, 0.25) is 0 Å². The zero-order valence-electron chi connectivity index (χ0n) is 14.0. The number of carbonyl (C=O) groups is 1. The number of likely N-dealkylation sites (N-methyl/N-ethyl adjacent to an activating group) is 1. The first-order valence-corrected chi connectivity index (χ1v) is 8.62. The van der Waals surface area contributed by atoms with Crippen molar-refractivity contribution in [2.24, 2.45) is 5.73 Å². The number of carbonyl (C=O) groups excluding carboxylic acids is 1. The molecule has 2 N–H and O–H groups in total. The number of likely N-dealkylation sites (tertiary alicyclic amines) is 1. The third-order valence-electron chi connectivity index (χ3n) is 5.02. The lowest BCUT2D eigenvalue weighted by molar-refractivity contribution is -0.00123. The Morgan fingerprint density at radius 3 is 2.65 bits per heavy atom. The number of nitrogens with zero attached hydrogens (tertiary/aromatic N) is 2. The number of ether oxygens (including phenoxy) is 1. The van der Waals surface area contributed by atoms with Gasteiger partial charge in [-0.2, -0.15) is 0 Å². The Morgan fingerprint density at radius 2 is 2.00 bits per heavy atom. The molecule has 2 aliphatic rings.